The SMILES string of the molecule is CC1CC(NC(=O)N2C3CCC2CN(Cc2c(-c4ccc(Cl)cc4)nc4ncccn24)C3)=CC=C1SC(F)(F)F. The predicted octanol–water partition coefficient (Wildman–Crippen LogP) is 6.47. The van der Waals surface area contributed by atoms with Crippen LogP contribution in [-0.2, 0) is 6.54 Å². The number of hydrogen-bond acceptors (Lipinski definition) is 5. The molecule has 40 heavy (non-hydrogen) atoms. The summed E-state index contributed by atoms with van der Waals surface area (Å²) in [6.45, 7) is 3.85. The van der Waals surface area contributed by atoms with Crippen molar-refractivity contribution in [3.05, 3.63) is 76.2 Å². The molecule has 1 aromatic carbocycles. The molecule has 2 bridgehead atoms. The van der Waals surface area contributed by atoms with Gasteiger partial charge in [-0.1, -0.05) is 36.7 Å². The van der Waals surface area contributed by atoms with Crippen molar-refractivity contribution in [3.63, 3.8) is 0 Å². The van der Waals surface area contributed by atoms with Gasteiger partial charge in [0.2, 0.25) is 5.78 Å². The van der Waals surface area contributed by atoms with Crippen LogP contribution in [0.2, 0.25) is 5.02 Å². The highest BCUT2D eigenvalue weighted by Gasteiger charge is 2.43. The van der Waals surface area contributed by atoms with E-state index >= 15 is 0 Å². The molecule has 2 saturated heterocycles. The zero-order chi connectivity index (χ0) is 28.0. The number of fused-ring (bicyclic) bond motifs is 3. The monoisotopic (exact) mass is 588 g/mol. The van der Waals surface area contributed by atoms with E-state index in [0.717, 1.165) is 42.9 Å². The topological polar surface area (TPSA) is 65.8 Å². The molecule has 7 nitrogen and oxygen atoms in total. The minimum atomic E-state index is -4.32. The van der Waals surface area contributed by atoms with Crippen LogP contribution in [-0.4, -0.2) is 60.9 Å². The van der Waals surface area contributed by atoms with Crippen molar-refractivity contribution in [2.24, 2.45) is 5.92 Å². The van der Waals surface area contributed by atoms with Crippen LogP contribution in [0.15, 0.2) is 65.5 Å². The third-order valence-corrected chi connectivity index (χ3v) is 9.01. The molecule has 4 heterocycles. The number of benzene rings is 1. The minimum Gasteiger partial charge on any atom is -0.316 e. The van der Waals surface area contributed by atoms with E-state index in [1.54, 1.807) is 19.2 Å². The maximum absolute atomic E-state index is 13.3. The molecule has 0 saturated carbocycles. The Bertz CT molecular complexity index is 1470. The van der Waals surface area contributed by atoms with Crippen LogP contribution < -0.4 is 5.32 Å². The Balaban J connectivity index is 1.16. The van der Waals surface area contributed by atoms with E-state index in [9.17, 15) is 18.0 Å². The van der Waals surface area contributed by atoms with Gasteiger partial charge in [0.1, 0.15) is 0 Å². The maximum Gasteiger partial charge on any atom is 0.446 e. The Hall–Kier alpha value is -3.02. The smallest absolute Gasteiger partial charge is 0.316 e. The second-order valence-electron chi connectivity index (χ2n) is 10.5. The van der Waals surface area contributed by atoms with Gasteiger partial charge in [0.15, 0.2) is 0 Å². The number of imidazole rings is 1. The van der Waals surface area contributed by atoms with Gasteiger partial charge in [-0.25, -0.2) is 14.8 Å². The number of nitrogens with zero attached hydrogens (tertiary/aromatic N) is 5. The molecule has 210 valence electrons. The third-order valence-electron chi connectivity index (χ3n) is 7.75. The van der Waals surface area contributed by atoms with E-state index in [2.05, 4.69) is 15.2 Å². The molecule has 3 atom stereocenters. The van der Waals surface area contributed by atoms with Gasteiger partial charge < -0.3 is 10.2 Å². The number of amides is 2. The first-order valence-electron chi connectivity index (χ1n) is 13.2. The zero-order valence-electron chi connectivity index (χ0n) is 21.7. The van der Waals surface area contributed by atoms with Crippen molar-refractivity contribution in [1.29, 1.82) is 0 Å². The number of piperazine rings is 1. The Morgan fingerprint density at radius 1 is 1.15 bits per heavy atom. The Morgan fingerprint density at radius 3 is 2.55 bits per heavy atom. The van der Waals surface area contributed by atoms with Crippen molar-refractivity contribution in [1.82, 2.24) is 29.5 Å². The van der Waals surface area contributed by atoms with Crippen molar-refractivity contribution in [3.8, 4) is 11.3 Å². The van der Waals surface area contributed by atoms with Crippen molar-refractivity contribution < 1.29 is 18.0 Å². The van der Waals surface area contributed by atoms with E-state index in [1.807, 2.05) is 45.8 Å². The number of rotatable bonds is 5. The number of nitrogens with one attached hydrogen (secondary N) is 1. The molecule has 3 aromatic rings. The Labute approximate surface area is 239 Å². The van der Waals surface area contributed by atoms with Gasteiger partial charge in [0.25, 0.3) is 0 Å². The van der Waals surface area contributed by atoms with Gasteiger partial charge in [-0.15, -0.1) is 0 Å². The van der Waals surface area contributed by atoms with Crippen molar-refractivity contribution in [2.75, 3.05) is 13.1 Å². The second kappa shape index (κ2) is 10.8. The lowest BCUT2D eigenvalue weighted by molar-refractivity contribution is -0.0323. The molecule has 2 aliphatic heterocycles. The lowest BCUT2D eigenvalue weighted by atomic mass is 10.00. The molecule has 2 fully saturated rings. The summed E-state index contributed by atoms with van der Waals surface area (Å²) < 4.78 is 40.5. The number of carbonyl (C=O) groups excluding carboxylic acids is 1. The number of carbonyl (C=O) groups is 1. The lowest BCUT2D eigenvalue weighted by Crippen LogP contribution is -2.57. The molecule has 1 N–H and O–H groups in total. The van der Waals surface area contributed by atoms with E-state index in [0.29, 0.717) is 29.5 Å². The number of halogens is 4. The number of allylic oxidation sites excluding steroid dienone is 4. The maximum atomic E-state index is 13.3. The quantitative estimate of drug-likeness (QED) is 0.370. The number of thioether (sulfide) groups is 1. The number of likely N-dealkylation sites (tertiary alicyclic amines) is 1. The molecule has 0 radical (unpaired) electrons. The van der Waals surface area contributed by atoms with E-state index in [1.165, 1.54) is 6.08 Å². The average molecular weight is 589 g/mol. The highest BCUT2D eigenvalue weighted by Crippen LogP contribution is 2.42. The first-order chi connectivity index (χ1) is 19.1. The highest BCUT2D eigenvalue weighted by molar-refractivity contribution is 8.03. The van der Waals surface area contributed by atoms with Gasteiger partial charge in [-0.05, 0) is 66.1 Å². The summed E-state index contributed by atoms with van der Waals surface area (Å²) in [5.41, 5.74) is -0.813. The third kappa shape index (κ3) is 5.59. The largest absolute Gasteiger partial charge is 0.446 e. The summed E-state index contributed by atoms with van der Waals surface area (Å²) in [5.74, 6) is 0.319. The zero-order valence-corrected chi connectivity index (χ0v) is 23.3. The van der Waals surface area contributed by atoms with Gasteiger partial charge in [0, 0.05) is 60.4 Å². The number of alkyl halides is 3. The van der Waals surface area contributed by atoms with Crippen LogP contribution >= 0.6 is 23.4 Å². The number of aromatic nitrogens is 3. The summed E-state index contributed by atoms with van der Waals surface area (Å²) in [6.07, 6.45) is 8.95. The van der Waals surface area contributed by atoms with Gasteiger partial charge in [0.05, 0.1) is 11.4 Å². The molecular formula is C28H28ClF3N6OS. The van der Waals surface area contributed by atoms with Gasteiger partial charge in [-0.2, -0.15) is 13.2 Å². The lowest BCUT2D eigenvalue weighted by Gasteiger charge is -2.41. The molecule has 1 aliphatic carbocycles. The van der Waals surface area contributed by atoms with Crippen molar-refractivity contribution >= 4 is 35.2 Å². The van der Waals surface area contributed by atoms with Crippen LogP contribution in [0.1, 0.15) is 31.9 Å². The highest BCUT2D eigenvalue weighted by atomic mass is 35.5. The van der Waals surface area contributed by atoms with Crippen LogP contribution in [0.25, 0.3) is 17.0 Å². The second-order valence-corrected chi connectivity index (χ2v) is 12.1. The predicted molar refractivity (Wildman–Crippen MR) is 149 cm³/mol. The summed E-state index contributed by atoms with van der Waals surface area (Å²) in [6, 6.07) is 9.45. The van der Waals surface area contributed by atoms with Crippen LogP contribution in [0.4, 0.5) is 18.0 Å². The summed E-state index contributed by atoms with van der Waals surface area (Å²) in [7, 11) is 0. The van der Waals surface area contributed by atoms with Crippen LogP contribution in [0, 0.1) is 5.92 Å². The fraction of sp³-hybridized carbons (Fsp3) is 0.393. The molecule has 2 aromatic heterocycles. The molecule has 6 rings (SSSR count). The minimum absolute atomic E-state index is 0.0588. The van der Waals surface area contributed by atoms with Gasteiger partial charge in [-0.3, -0.25) is 9.30 Å². The van der Waals surface area contributed by atoms with Crippen LogP contribution in [0.5, 0.6) is 0 Å². The average Bonchev–Trinajstić information content (AvgIpc) is 3.40. The Morgan fingerprint density at radius 2 is 1.88 bits per heavy atom. The van der Waals surface area contributed by atoms with E-state index in [-0.39, 0.29) is 40.7 Å². The molecule has 3 unspecified atom stereocenters. The molecule has 0 spiro atoms. The molecule has 2 amide bonds. The van der Waals surface area contributed by atoms with Gasteiger partial charge >= 0.3 is 11.5 Å². The normalized spacial score (nSPS) is 23.3. The molecular weight excluding hydrogens is 561 g/mol. The Kier molecular flexibility index (Phi) is 7.30. The number of urea groups is 1. The first-order valence-corrected chi connectivity index (χ1v) is 14.4. The first kappa shape index (κ1) is 27.2. The summed E-state index contributed by atoms with van der Waals surface area (Å²) >= 11 is 6.04. The van der Waals surface area contributed by atoms with Crippen LogP contribution in [0.3, 0.4) is 0 Å². The van der Waals surface area contributed by atoms with E-state index in [4.69, 9.17) is 16.6 Å². The summed E-state index contributed by atoms with van der Waals surface area (Å²) in [4.78, 5) is 27.1. The van der Waals surface area contributed by atoms with E-state index < -0.39 is 5.51 Å². The van der Waals surface area contributed by atoms with Crippen molar-refractivity contribution in [2.45, 2.75) is 50.3 Å². The molecule has 12 heteroatoms. The summed E-state index contributed by atoms with van der Waals surface area (Å²) in [5, 5.41) is 3.64. The fourth-order valence-electron chi connectivity index (χ4n) is 6.00. The fourth-order valence-corrected chi connectivity index (χ4v) is 6.81. The number of hydrogen-bond donors (Lipinski definition) is 1. The standard InChI is InChI=1S/C28H28ClF3N6OS/c1-17-13-20(7-10-24(17)40-28(30,31)32)34-27(39)38-21-8-9-22(38)15-36(14-21)16-23-25(18-3-5-19(29)6-4-18)35-26-33-11-2-12-37(23)26/h2-7,10-12,17,21-22H,8-9,13-16H2,1H3,(H,34,39). The molecule has 3 aliphatic rings.